The normalized spacial score (nSPS) is 16.0. The first-order chi connectivity index (χ1) is 13.2. The van der Waals surface area contributed by atoms with Crippen molar-refractivity contribution >= 4 is 16.9 Å². The molecule has 0 aliphatic carbocycles. The third kappa shape index (κ3) is 3.23. The second-order valence-corrected chi connectivity index (χ2v) is 6.80. The second kappa shape index (κ2) is 7.31. The van der Waals surface area contributed by atoms with Gasteiger partial charge in [-0.25, -0.2) is 4.79 Å². The first-order valence-corrected chi connectivity index (χ1v) is 9.38. The standard InChI is InChI=1S/C21H23N3O3/c1-2-12-23-17-8-4-5-9-18(17)24(21(23)26)14-20(25)22-16-11-13-27-19-10-6-3-7-15(16)19/h3-10,16H,2,11-14H2,1H3,(H,22,25). The number of rotatable bonds is 5. The van der Waals surface area contributed by atoms with Crippen LogP contribution in [0, 0.1) is 0 Å². The Kier molecular flexibility index (Phi) is 4.71. The van der Waals surface area contributed by atoms with Crippen molar-refractivity contribution in [3.63, 3.8) is 0 Å². The van der Waals surface area contributed by atoms with Crippen LogP contribution in [0.25, 0.3) is 11.0 Å². The molecule has 140 valence electrons. The summed E-state index contributed by atoms with van der Waals surface area (Å²) in [5.74, 6) is 0.643. The first-order valence-electron chi connectivity index (χ1n) is 9.38. The number of aryl methyl sites for hydroxylation is 1. The van der Waals surface area contributed by atoms with E-state index in [1.807, 2.05) is 55.5 Å². The van der Waals surface area contributed by atoms with Crippen LogP contribution in [-0.4, -0.2) is 21.6 Å². The van der Waals surface area contributed by atoms with Crippen molar-refractivity contribution in [2.75, 3.05) is 6.61 Å². The number of para-hydroxylation sites is 3. The Hall–Kier alpha value is -3.02. The molecule has 27 heavy (non-hydrogen) atoms. The number of carbonyl (C=O) groups is 1. The molecule has 4 rings (SSSR count). The van der Waals surface area contributed by atoms with Gasteiger partial charge in [0.05, 0.1) is 23.7 Å². The van der Waals surface area contributed by atoms with Crippen LogP contribution in [0.3, 0.4) is 0 Å². The molecule has 3 aromatic rings. The highest BCUT2D eigenvalue weighted by atomic mass is 16.5. The van der Waals surface area contributed by atoms with Crippen molar-refractivity contribution in [2.45, 2.75) is 38.9 Å². The van der Waals surface area contributed by atoms with Gasteiger partial charge in [-0.1, -0.05) is 37.3 Å². The Bertz CT molecular complexity index is 1030. The van der Waals surface area contributed by atoms with Crippen LogP contribution < -0.4 is 15.7 Å². The molecule has 1 N–H and O–H groups in total. The molecule has 0 fully saturated rings. The third-order valence-electron chi connectivity index (χ3n) is 4.97. The van der Waals surface area contributed by atoms with E-state index in [0.717, 1.165) is 35.2 Å². The molecule has 1 aliphatic rings. The number of nitrogens with one attached hydrogen (secondary N) is 1. The van der Waals surface area contributed by atoms with Crippen molar-refractivity contribution in [1.29, 1.82) is 0 Å². The molecule has 6 nitrogen and oxygen atoms in total. The van der Waals surface area contributed by atoms with Crippen LogP contribution in [0.15, 0.2) is 53.3 Å². The largest absolute Gasteiger partial charge is 0.493 e. The molecule has 2 heterocycles. The molecular weight excluding hydrogens is 342 g/mol. The maximum atomic E-state index is 12.8. The molecule has 0 spiro atoms. The minimum Gasteiger partial charge on any atom is -0.493 e. The van der Waals surface area contributed by atoms with Crippen LogP contribution in [-0.2, 0) is 17.9 Å². The topological polar surface area (TPSA) is 65.3 Å². The van der Waals surface area contributed by atoms with E-state index in [0.29, 0.717) is 13.2 Å². The van der Waals surface area contributed by atoms with Crippen molar-refractivity contribution in [1.82, 2.24) is 14.5 Å². The van der Waals surface area contributed by atoms with Crippen LogP contribution >= 0.6 is 0 Å². The lowest BCUT2D eigenvalue weighted by Crippen LogP contribution is -2.37. The minimum atomic E-state index is -0.168. The Morgan fingerprint density at radius 3 is 2.59 bits per heavy atom. The van der Waals surface area contributed by atoms with Gasteiger partial charge in [0, 0.05) is 18.5 Å². The molecule has 0 radical (unpaired) electrons. The lowest BCUT2D eigenvalue weighted by Gasteiger charge is -2.26. The summed E-state index contributed by atoms with van der Waals surface area (Å²) in [5, 5.41) is 3.07. The zero-order chi connectivity index (χ0) is 18.8. The van der Waals surface area contributed by atoms with E-state index in [2.05, 4.69) is 5.32 Å². The smallest absolute Gasteiger partial charge is 0.329 e. The summed E-state index contributed by atoms with van der Waals surface area (Å²) in [6.07, 6.45) is 1.58. The van der Waals surface area contributed by atoms with Crippen molar-refractivity contribution in [3.8, 4) is 5.75 Å². The van der Waals surface area contributed by atoms with Gasteiger partial charge >= 0.3 is 5.69 Å². The highest BCUT2D eigenvalue weighted by Gasteiger charge is 2.23. The van der Waals surface area contributed by atoms with Gasteiger partial charge in [-0.3, -0.25) is 13.9 Å². The van der Waals surface area contributed by atoms with Gasteiger partial charge in [0.25, 0.3) is 0 Å². The van der Waals surface area contributed by atoms with Gasteiger partial charge in [-0.15, -0.1) is 0 Å². The van der Waals surface area contributed by atoms with Gasteiger partial charge in [-0.05, 0) is 24.6 Å². The fourth-order valence-corrected chi connectivity index (χ4v) is 3.74. The molecule has 1 aromatic heterocycles. The number of imidazole rings is 1. The van der Waals surface area contributed by atoms with Crippen LogP contribution in [0.1, 0.15) is 31.4 Å². The average molecular weight is 365 g/mol. The van der Waals surface area contributed by atoms with E-state index < -0.39 is 0 Å². The number of ether oxygens (including phenoxy) is 1. The molecule has 6 heteroatoms. The van der Waals surface area contributed by atoms with E-state index in [1.54, 1.807) is 9.13 Å². The zero-order valence-corrected chi connectivity index (χ0v) is 15.4. The molecule has 1 unspecified atom stereocenters. The number of benzene rings is 2. The quantitative estimate of drug-likeness (QED) is 0.756. The summed E-state index contributed by atoms with van der Waals surface area (Å²) in [7, 11) is 0. The second-order valence-electron chi connectivity index (χ2n) is 6.80. The van der Waals surface area contributed by atoms with Gasteiger partial charge in [0.1, 0.15) is 12.3 Å². The van der Waals surface area contributed by atoms with E-state index in [4.69, 9.17) is 4.74 Å². The maximum absolute atomic E-state index is 12.8. The number of hydrogen-bond acceptors (Lipinski definition) is 3. The van der Waals surface area contributed by atoms with Crippen LogP contribution in [0.5, 0.6) is 5.75 Å². The highest BCUT2D eigenvalue weighted by Crippen LogP contribution is 2.31. The van der Waals surface area contributed by atoms with Crippen molar-refractivity contribution in [3.05, 3.63) is 64.6 Å². The Morgan fingerprint density at radius 2 is 1.81 bits per heavy atom. The van der Waals surface area contributed by atoms with Gasteiger partial charge < -0.3 is 10.1 Å². The molecular formula is C21H23N3O3. The number of fused-ring (bicyclic) bond motifs is 2. The SMILES string of the molecule is CCCn1c(=O)n(CC(=O)NC2CCOc3ccccc32)c2ccccc21. The maximum Gasteiger partial charge on any atom is 0.329 e. The zero-order valence-electron chi connectivity index (χ0n) is 15.4. The molecule has 2 aromatic carbocycles. The predicted octanol–water partition coefficient (Wildman–Crippen LogP) is 2.85. The van der Waals surface area contributed by atoms with E-state index >= 15 is 0 Å². The molecule has 0 saturated carbocycles. The number of aromatic nitrogens is 2. The fraction of sp³-hybridized carbons (Fsp3) is 0.333. The summed E-state index contributed by atoms with van der Waals surface area (Å²) in [4.78, 5) is 25.6. The van der Waals surface area contributed by atoms with Crippen LogP contribution in [0.2, 0.25) is 0 Å². The lowest BCUT2D eigenvalue weighted by atomic mass is 10.0. The molecule has 1 amide bonds. The summed E-state index contributed by atoms with van der Waals surface area (Å²) >= 11 is 0. The number of amides is 1. The molecule has 0 bridgehead atoms. The Labute approximate surface area is 157 Å². The minimum absolute atomic E-state index is 0.00951. The summed E-state index contributed by atoms with van der Waals surface area (Å²) in [6, 6.07) is 15.3. The van der Waals surface area contributed by atoms with E-state index in [-0.39, 0.29) is 24.2 Å². The van der Waals surface area contributed by atoms with Crippen LogP contribution in [0.4, 0.5) is 0 Å². The Balaban J connectivity index is 1.59. The first kappa shape index (κ1) is 17.4. The average Bonchev–Trinajstić information content (AvgIpc) is 2.95. The summed E-state index contributed by atoms with van der Waals surface area (Å²) in [5.41, 5.74) is 2.51. The van der Waals surface area contributed by atoms with E-state index in [1.165, 1.54) is 0 Å². The lowest BCUT2D eigenvalue weighted by molar-refractivity contribution is -0.122. The number of nitrogens with zero attached hydrogens (tertiary/aromatic N) is 2. The number of hydrogen-bond donors (Lipinski definition) is 1. The summed E-state index contributed by atoms with van der Waals surface area (Å²) < 4.78 is 8.95. The summed E-state index contributed by atoms with van der Waals surface area (Å²) in [6.45, 7) is 3.25. The predicted molar refractivity (Wildman–Crippen MR) is 104 cm³/mol. The van der Waals surface area contributed by atoms with Gasteiger partial charge in [0.15, 0.2) is 0 Å². The van der Waals surface area contributed by atoms with Crippen molar-refractivity contribution < 1.29 is 9.53 Å². The Morgan fingerprint density at radius 1 is 1.11 bits per heavy atom. The van der Waals surface area contributed by atoms with Gasteiger partial charge in [0.2, 0.25) is 5.91 Å². The van der Waals surface area contributed by atoms with Crippen molar-refractivity contribution in [2.24, 2.45) is 0 Å². The monoisotopic (exact) mass is 365 g/mol. The molecule has 0 saturated heterocycles. The third-order valence-corrected chi connectivity index (χ3v) is 4.97. The van der Waals surface area contributed by atoms with Gasteiger partial charge in [-0.2, -0.15) is 0 Å². The number of carbonyl (C=O) groups excluding carboxylic acids is 1. The molecule has 1 atom stereocenters. The molecule has 1 aliphatic heterocycles. The highest BCUT2D eigenvalue weighted by molar-refractivity contribution is 5.81. The van der Waals surface area contributed by atoms with E-state index in [9.17, 15) is 9.59 Å². The fourth-order valence-electron chi connectivity index (χ4n) is 3.74.